The summed E-state index contributed by atoms with van der Waals surface area (Å²) in [5.41, 5.74) is 3.41. The maximum absolute atomic E-state index is 14.2. The summed E-state index contributed by atoms with van der Waals surface area (Å²) in [4.78, 5) is 81.0. The third-order valence-electron chi connectivity index (χ3n) is 8.40. The van der Waals surface area contributed by atoms with Crippen LogP contribution in [-0.2, 0) is 28.7 Å². The second kappa shape index (κ2) is 15.5. The number of amides is 6. The molecule has 6 amide bonds. The maximum Gasteiger partial charge on any atom is 0.356 e. The Morgan fingerprint density at radius 2 is 1.47 bits per heavy atom. The second-order valence-electron chi connectivity index (χ2n) is 11.7. The van der Waals surface area contributed by atoms with Crippen LogP contribution in [-0.4, -0.2) is 87.3 Å². The van der Waals surface area contributed by atoms with Gasteiger partial charge in [-0.05, 0) is 16.7 Å². The van der Waals surface area contributed by atoms with E-state index in [2.05, 4.69) is 16.0 Å². The summed E-state index contributed by atoms with van der Waals surface area (Å²) in [5.74, 6) is -3.12. The number of imide groups is 1. The molecule has 51 heavy (non-hydrogen) atoms. The Bertz CT molecular complexity index is 1810. The van der Waals surface area contributed by atoms with Crippen LogP contribution in [0.5, 0.6) is 0 Å². The molecule has 0 aliphatic carbocycles. The largest absolute Gasteiger partial charge is 0.448 e. The summed E-state index contributed by atoms with van der Waals surface area (Å²) in [5, 5.41) is 17.0. The van der Waals surface area contributed by atoms with Crippen LogP contribution in [0.1, 0.15) is 35.8 Å². The van der Waals surface area contributed by atoms with Crippen molar-refractivity contribution in [3.8, 4) is 0 Å². The zero-order chi connectivity index (χ0) is 36.1. The van der Waals surface area contributed by atoms with Crippen molar-refractivity contribution in [1.29, 1.82) is 0 Å². The number of β-lactam (4-membered cyclic amide) rings is 1. The van der Waals surface area contributed by atoms with Gasteiger partial charge in [0.25, 0.3) is 5.91 Å². The molecule has 3 aliphatic rings. The van der Waals surface area contributed by atoms with E-state index in [0.29, 0.717) is 16.7 Å². The molecule has 16 heteroatoms. The summed E-state index contributed by atoms with van der Waals surface area (Å²) in [6, 6.07) is 22.5. The number of rotatable bonds is 11. The molecule has 0 aromatic heterocycles. The van der Waals surface area contributed by atoms with E-state index in [1.165, 1.54) is 0 Å². The molecule has 6 rings (SSSR count). The lowest BCUT2D eigenvalue weighted by atomic mass is 9.99. The lowest BCUT2D eigenvalue weighted by Crippen LogP contribution is -2.71. The molecule has 0 saturated carbocycles. The van der Waals surface area contributed by atoms with Gasteiger partial charge in [-0.2, -0.15) is 5.48 Å². The van der Waals surface area contributed by atoms with Gasteiger partial charge in [0.05, 0.1) is 0 Å². The van der Waals surface area contributed by atoms with Crippen LogP contribution >= 0.6 is 11.8 Å². The highest BCUT2D eigenvalue weighted by Crippen LogP contribution is 2.43. The van der Waals surface area contributed by atoms with Crippen LogP contribution in [0.4, 0.5) is 9.59 Å². The normalized spacial score (nSPS) is 19.4. The first-order valence-corrected chi connectivity index (χ1v) is 17.0. The van der Waals surface area contributed by atoms with Crippen molar-refractivity contribution in [2.45, 2.75) is 36.7 Å². The van der Waals surface area contributed by atoms with Crippen molar-refractivity contribution in [3.05, 3.63) is 119 Å². The number of thioether (sulfide) groups is 1. The number of carbonyl (C=O) groups is 6. The van der Waals surface area contributed by atoms with Gasteiger partial charge in [-0.1, -0.05) is 91.0 Å². The zero-order valence-corrected chi connectivity index (χ0v) is 28.0. The third kappa shape index (κ3) is 7.42. The van der Waals surface area contributed by atoms with Gasteiger partial charge in [0.1, 0.15) is 23.2 Å². The average molecular weight is 715 g/mol. The fraction of sp³-hybridized carbons (Fsp3) is 0.257. The third-order valence-corrected chi connectivity index (χ3v) is 9.70. The lowest BCUT2D eigenvalue weighted by Gasteiger charge is -2.50. The molecule has 3 heterocycles. The van der Waals surface area contributed by atoms with Gasteiger partial charge < -0.3 is 30.6 Å². The maximum atomic E-state index is 14.2. The minimum absolute atomic E-state index is 0.0129. The summed E-state index contributed by atoms with van der Waals surface area (Å²) >= 11 is 1.15. The number of fused-ring (bicyclic) bond motifs is 1. The molecule has 264 valence electrons. The standard InChI is InChI=1S/C35H34N6O9S/c1-20(42)49-30(39-48)24-19-51-32-26(37-29(43)25(21-11-5-2-6-12-21)38-35(47)40-18-17-36-34(40)46)31(44)41(32)27(24)33(45)50-28(22-13-7-3-8-14-22)23-15-9-4-10-16-23/h2-16,25-26,28,30,32,39,48H,17-19H2,1H3,(H,36,46)(H,37,43)(H,38,47)/t25?,26-,30?,32-/m1/s1. The fourth-order valence-electron chi connectivity index (χ4n) is 5.97. The smallest absolute Gasteiger partial charge is 0.356 e. The number of benzene rings is 3. The van der Waals surface area contributed by atoms with Crippen molar-refractivity contribution in [1.82, 2.24) is 31.2 Å². The molecule has 4 atom stereocenters. The molecule has 15 nitrogen and oxygen atoms in total. The zero-order valence-electron chi connectivity index (χ0n) is 27.2. The van der Waals surface area contributed by atoms with E-state index in [1.807, 2.05) is 17.6 Å². The second-order valence-corrected chi connectivity index (χ2v) is 12.8. The molecule has 0 bridgehead atoms. The van der Waals surface area contributed by atoms with Crippen LogP contribution in [0.2, 0.25) is 0 Å². The molecule has 3 aromatic rings. The van der Waals surface area contributed by atoms with E-state index < -0.39 is 65.6 Å². The molecule has 5 N–H and O–H groups in total. The highest BCUT2D eigenvalue weighted by molar-refractivity contribution is 8.00. The Morgan fingerprint density at radius 3 is 2.00 bits per heavy atom. The summed E-state index contributed by atoms with van der Waals surface area (Å²) in [6.07, 6.45) is -2.39. The molecular formula is C35H34N6O9S. The van der Waals surface area contributed by atoms with Gasteiger partial charge in [-0.15, -0.1) is 11.8 Å². The predicted molar refractivity (Wildman–Crippen MR) is 181 cm³/mol. The van der Waals surface area contributed by atoms with Gasteiger partial charge in [-0.25, -0.2) is 19.3 Å². The Labute approximate surface area is 296 Å². The number of esters is 2. The van der Waals surface area contributed by atoms with E-state index in [0.717, 1.165) is 28.5 Å². The topological polar surface area (TPSA) is 196 Å². The van der Waals surface area contributed by atoms with Gasteiger partial charge in [0, 0.05) is 31.3 Å². The minimum atomic E-state index is -1.49. The number of hydroxylamine groups is 1. The molecule has 0 spiro atoms. The quantitative estimate of drug-likeness (QED) is 0.0847. The van der Waals surface area contributed by atoms with Crippen LogP contribution in [0, 0.1) is 0 Å². The van der Waals surface area contributed by atoms with Crippen LogP contribution < -0.4 is 21.4 Å². The van der Waals surface area contributed by atoms with Crippen LogP contribution in [0.15, 0.2) is 102 Å². The van der Waals surface area contributed by atoms with E-state index in [9.17, 15) is 34.0 Å². The number of hydrogen-bond acceptors (Lipinski definition) is 11. The summed E-state index contributed by atoms with van der Waals surface area (Å²) in [7, 11) is 0. The molecular weight excluding hydrogens is 680 g/mol. The first-order chi connectivity index (χ1) is 24.7. The van der Waals surface area contributed by atoms with Crippen LogP contribution in [0.25, 0.3) is 0 Å². The first kappa shape index (κ1) is 35.1. The average Bonchev–Trinajstić information content (AvgIpc) is 3.59. The molecule has 0 radical (unpaired) electrons. The van der Waals surface area contributed by atoms with Crippen LogP contribution in [0.3, 0.4) is 0 Å². The molecule has 2 fully saturated rings. The van der Waals surface area contributed by atoms with E-state index >= 15 is 0 Å². The number of nitrogens with one attached hydrogen (secondary N) is 4. The Balaban J connectivity index is 1.28. The number of nitrogens with zero attached hydrogens (tertiary/aromatic N) is 2. The van der Waals surface area contributed by atoms with Gasteiger partial charge >= 0.3 is 24.0 Å². The Kier molecular flexibility index (Phi) is 10.6. The van der Waals surface area contributed by atoms with Crippen molar-refractivity contribution in [3.63, 3.8) is 0 Å². The fourth-order valence-corrected chi connectivity index (χ4v) is 7.34. The summed E-state index contributed by atoms with van der Waals surface area (Å²) < 4.78 is 11.3. The number of carbonyl (C=O) groups excluding carboxylic acids is 6. The number of hydrogen-bond donors (Lipinski definition) is 5. The van der Waals surface area contributed by atoms with Gasteiger partial charge in [0.2, 0.25) is 5.91 Å². The predicted octanol–water partition coefficient (Wildman–Crippen LogP) is 2.32. The number of urea groups is 2. The monoisotopic (exact) mass is 714 g/mol. The first-order valence-electron chi connectivity index (χ1n) is 15.9. The van der Waals surface area contributed by atoms with E-state index in [1.54, 1.807) is 78.9 Å². The minimum Gasteiger partial charge on any atom is -0.448 e. The molecule has 3 aromatic carbocycles. The molecule has 2 unspecified atom stereocenters. The van der Waals surface area contributed by atoms with E-state index in [4.69, 9.17) is 9.47 Å². The summed E-state index contributed by atoms with van der Waals surface area (Å²) in [6.45, 7) is 1.51. The van der Waals surface area contributed by atoms with Crippen molar-refractivity contribution < 1.29 is 43.4 Å². The Morgan fingerprint density at radius 1 is 0.882 bits per heavy atom. The number of ether oxygens (including phenoxy) is 2. The van der Waals surface area contributed by atoms with Gasteiger partial charge in [-0.3, -0.25) is 19.3 Å². The SMILES string of the molecule is CC(=O)OC(NO)C1=C(C(=O)OC(c2ccccc2)c2ccccc2)N2C(=O)[C@@H](NC(=O)C(NC(=O)N3CCNC3=O)c3ccccc3)[C@H]2SC1. The van der Waals surface area contributed by atoms with E-state index in [-0.39, 0.29) is 30.1 Å². The van der Waals surface area contributed by atoms with Crippen molar-refractivity contribution in [2.24, 2.45) is 0 Å². The molecule has 3 aliphatic heterocycles. The highest BCUT2D eigenvalue weighted by Gasteiger charge is 2.56. The lowest BCUT2D eigenvalue weighted by molar-refractivity contribution is -0.157. The molecule has 2 saturated heterocycles. The van der Waals surface area contributed by atoms with Crippen molar-refractivity contribution in [2.75, 3.05) is 18.8 Å². The Hall–Kier alpha value is -5.71. The highest BCUT2D eigenvalue weighted by atomic mass is 32.2. The van der Waals surface area contributed by atoms with Crippen molar-refractivity contribution >= 4 is 47.6 Å². The van der Waals surface area contributed by atoms with Gasteiger partial charge in [0.15, 0.2) is 12.3 Å².